The second-order valence-corrected chi connectivity index (χ2v) is 2.32. The van der Waals surface area contributed by atoms with E-state index in [0.717, 1.165) is 0 Å². The van der Waals surface area contributed by atoms with Crippen LogP contribution >= 0.6 is 0 Å². The summed E-state index contributed by atoms with van der Waals surface area (Å²) in [6.07, 6.45) is 0. The fourth-order valence-electron chi connectivity index (χ4n) is 0.622. The van der Waals surface area contributed by atoms with Crippen molar-refractivity contribution in [3.8, 4) is 0 Å². The molecule has 1 unspecified atom stereocenters. The number of carbonyl (C=O) groups is 2. The summed E-state index contributed by atoms with van der Waals surface area (Å²) in [6, 6.07) is -1.30. The van der Waals surface area contributed by atoms with E-state index < -0.39 is 18.0 Å². The van der Waals surface area contributed by atoms with Crippen molar-refractivity contribution in [1.82, 2.24) is 10.6 Å². The molecule has 0 heterocycles. The first-order valence-electron chi connectivity index (χ1n) is 3.61. The summed E-state index contributed by atoms with van der Waals surface area (Å²) < 4.78 is 0. The van der Waals surface area contributed by atoms with Gasteiger partial charge in [0.25, 0.3) is 0 Å². The van der Waals surface area contributed by atoms with E-state index in [9.17, 15) is 9.59 Å². The minimum absolute atomic E-state index is 0.439. The molecular weight excluding hydrogens is 160 g/mol. The first-order chi connectivity index (χ1) is 5.57. The molecular formula is C6H14N4O2. The van der Waals surface area contributed by atoms with Gasteiger partial charge in [0, 0.05) is 13.1 Å². The lowest BCUT2D eigenvalue weighted by atomic mass is 10.3. The minimum atomic E-state index is -0.846. The summed E-state index contributed by atoms with van der Waals surface area (Å²) in [5.74, 6) is -0.448. The molecule has 0 aromatic carbocycles. The Balaban J connectivity index is 3.69. The lowest BCUT2D eigenvalue weighted by molar-refractivity contribution is -0.121. The standard InChI is InChI=1S/C6H14N4O2/c1-4(9-3-2-7)5(11)10-6(8)12/h4,9H,2-3,7H2,1H3,(H3,8,10,11,12). The first kappa shape index (κ1) is 10.9. The number of carbonyl (C=O) groups excluding carboxylic acids is 2. The highest BCUT2D eigenvalue weighted by atomic mass is 16.2. The third-order valence-electron chi connectivity index (χ3n) is 1.23. The Morgan fingerprint density at radius 2 is 2.08 bits per heavy atom. The minimum Gasteiger partial charge on any atom is -0.351 e. The van der Waals surface area contributed by atoms with Gasteiger partial charge >= 0.3 is 6.03 Å². The summed E-state index contributed by atoms with van der Waals surface area (Å²) in [7, 11) is 0. The van der Waals surface area contributed by atoms with Crippen LogP contribution in [0.25, 0.3) is 0 Å². The molecule has 0 rings (SSSR count). The van der Waals surface area contributed by atoms with Crippen molar-refractivity contribution in [3.63, 3.8) is 0 Å². The number of primary amides is 1. The highest BCUT2D eigenvalue weighted by Gasteiger charge is 2.12. The van der Waals surface area contributed by atoms with E-state index in [2.05, 4.69) is 5.32 Å². The van der Waals surface area contributed by atoms with Gasteiger partial charge in [0.05, 0.1) is 6.04 Å². The van der Waals surface area contributed by atoms with Gasteiger partial charge in [-0.25, -0.2) is 4.79 Å². The maximum Gasteiger partial charge on any atom is 0.318 e. The van der Waals surface area contributed by atoms with E-state index in [-0.39, 0.29) is 0 Å². The summed E-state index contributed by atoms with van der Waals surface area (Å²) in [4.78, 5) is 21.2. The van der Waals surface area contributed by atoms with Crippen LogP contribution in [0.4, 0.5) is 4.79 Å². The quantitative estimate of drug-likeness (QED) is 0.399. The Kier molecular flexibility index (Phi) is 4.98. The zero-order chi connectivity index (χ0) is 9.56. The van der Waals surface area contributed by atoms with Crippen LogP contribution in [-0.4, -0.2) is 31.1 Å². The zero-order valence-electron chi connectivity index (χ0n) is 6.96. The van der Waals surface area contributed by atoms with Crippen LogP contribution in [-0.2, 0) is 4.79 Å². The highest BCUT2D eigenvalue weighted by Crippen LogP contribution is 1.79. The maximum absolute atomic E-state index is 10.9. The zero-order valence-corrected chi connectivity index (χ0v) is 6.96. The van der Waals surface area contributed by atoms with E-state index in [1.54, 1.807) is 6.92 Å². The lowest BCUT2D eigenvalue weighted by Crippen LogP contribution is -2.47. The Hall–Kier alpha value is -1.14. The van der Waals surface area contributed by atoms with Crippen LogP contribution in [0.15, 0.2) is 0 Å². The SMILES string of the molecule is CC(NCCN)C(=O)NC(N)=O. The number of rotatable bonds is 4. The Morgan fingerprint density at radius 1 is 1.50 bits per heavy atom. The van der Waals surface area contributed by atoms with E-state index in [1.165, 1.54) is 0 Å². The molecule has 70 valence electrons. The largest absolute Gasteiger partial charge is 0.351 e. The van der Waals surface area contributed by atoms with Gasteiger partial charge in [-0.3, -0.25) is 10.1 Å². The van der Waals surface area contributed by atoms with Crippen LogP contribution in [0, 0.1) is 0 Å². The summed E-state index contributed by atoms with van der Waals surface area (Å²) in [5, 5.41) is 4.74. The van der Waals surface area contributed by atoms with Crippen molar-refractivity contribution in [3.05, 3.63) is 0 Å². The molecule has 0 aromatic rings. The summed E-state index contributed by atoms with van der Waals surface area (Å²) in [5.41, 5.74) is 9.93. The van der Waals surface area contributed by atoms with Crippen molar-refractivity contribution in [2.24, 2.45) is 11.5 Å². The summed E-state index contributed by atoms with van der Waals surface area (Å²) in [6.45, 7) is 2.58. The van der Waals surface area contributed by atoms with Crippen molar-refractivity contribution in [2.75, 3.05) is 13.1 Å². The van der Waals surface area contributed by atoms with Crippen molar-refractivity contribution in [1.29, 1.82) is 0 Å². The van der Waals surface area contributed by atoms with E-state index in [4.69, 9.17) is 11.5 Å². The number of urea groups is 1. The fourth-order valence-corrected chi connectivity index (χ4v) is 0.622. The van der Waals surface area contributed by atoms with E-state index in [0.29, 0.717) is 13.1 Å². The van der Waals surface area contributed by atoms with Gasteiger partial charge in [-0.2, -0.15) is 0 Å². The monoisotopic (exact) mass is 174 g/mol. The maximum atomic E-state index is 10.9. The second kappa shape index (κ2) is 5.50. The van der Waals surface area contributed by atoms with Gasteiger partial charge in [-0.1, -0.05) is 0 Å². The molecule has 0 aliphatic rings. The molecule has 6 heteroatoms. The number of amides is 3. The Bertz CT molecular complexity index is 171. The molecule has 0 spiro atoms. The van der Waals surface area contributed by atoms with Gasteiger partial charge in [0.1, 0.15) is 0 Å². The predicted molar refractivity (Wildman–Crippen MR) is 44.2 cm³/mol. The molecule has 0 saturated heterocycles. The third-order valence-corrected chi connectivity index (χ3v) is 1.23. The van der Waals surface area contributed by atoms with Gasteiger partial charge in [0.15, 0.2) is 0 Å². The molecule has 0 aliphatic heterocycles. The molecule has 0 radical (unpaired) electrons. The molecule has 0 saturated carbocycles. The smallest absolute Gasteiger partial charge is 0.318 e. The van der Waals surface area contributed by atoms with Crippen LogP contribution in [0.5, 0.6) is 0 Å². The molecule has 0 fully saturated rings. The summed E-state index contributed by atoms with van der Waals surface area (Å²) >= 11 is 0. The van der Waals surface area contributed by atoms with Crippen LogP contribution < -0.4 is 22.1 Å². The van der Waals surface area contributed by atoms with Crippen molar-refractivity contribution < 1.29 is 9.59 Å². The molecule has 1 atom stereocenters. The number of hydrogen-bond acceptors (Lipinski definition) is 4. The van der Waals surface area contributed by atoms with E-state index in [1.807, 2.05) is 5.32 Å². The normalized spacial score (nSPS) is 12.2. The molecule has 12 heavy (non-hydrogen) atoms. The van der Waals surface area contributed by atoms with Gasteiger partial charge < -0.3 is 16.8 Å². The second-order valence-electron chi connectivity index (χ2n) is 2.32. The molecule has 6 nitrogen and oxygen atoms in total. The number of hydrogen-bond donors (Lipinski definition) is 4. The van der Waals surface area contributed by atoms with E-state index >= 15 is 0 Å². The van der Waals surface area contributed by atoms with Crippen LogP contribution in [0.1, 0.15) is 6.92 Å². The first-order valence-corrected chi connectivity index (χ1v) is 3.61. The van der Waals surface area contributed by atoms with Gasteiger partial charge in [-0.15, -0.1) is 0 Å². The third kappa shape index (κ3) is 4.64. The predicted octanol–water partition coefficient (Wildman–Crippen LogP) is -1.88. The fraction of sp³-hybridized carbons (Fsp3) is 0.667. The highest BCUT2D eigenvalue weighted by molar-refractivity contribution is 5.96. The Morgan fingerprint density at radius 3 is 2.50 bits per heavy atom. The molecule has 0 bridgehead atoms. The average molecular weight is 174 g/mol. The molecule has 0 aliphatic carbocycles. The van der Waals surface area contributed by atoms with Crippen molar-refractivity contribution >= 4 is 11.9 Å². The van der Waals surface area contributed by atoms with Gasteiger partial charge in [-0.05, 0) is 6.92 Å². The molecule has 3 amide bonds. The number of nitrogens with one attached hydrogen (secondary N) is 2. The van der Waals surface area contributed by atoms with Crippen LogP contribution in [0.3, 0.4) is 0 Å². The topological polar surface area (TPSA) is 110 Å². The lowest BCUT2D eigenvalue weighted by Gasteiger charge is -2.10. The van der Waals surface area contributed by atoms with Crippen LogP contribution in [0.2, 0.25) is 0 Å². The molecule has 6 N–H and O–H groups in total. The van der Waals surface area contributed by atoms with Crippen molar-refractivity contribution in [2.45, 2.75) is 13.0 Å². The number of nitrogens with two attached hydrogens (primary N) is 2. The average Bonchev–Trinajstić information content (AvgIpc) is 1.98. The Labute approximate surface area is 70.7 Å². The van der Waals surface area contributed by atoms with Gasteiger partial charge in [0.2, 0.25) is 5.91 Å². The number of imide groups is 1. The molecule has 0 aromatic heterocycles.